The Labute approximate surface area is 156 Å². The van der Waals surface area contributed by atoms with Gasteiger partial charge < -0.3 is 9.88 Å². The highest BCUT2D eigenvalue weighted by molar-refractivity contribution is 5.75. The van der Waals surface area contributed by atoms with Crippen molar-refractivity contribution in [2.75, 3.05) is 5.32 Å². The molecule has 1 aromatic carbocycles. The number of aromatic nitrogens is 4. The summed E-state index contributed by atoms with van der Waals surface area (Å²) in [6, 6.07) is 11.5. The van der Waals surface area contributed by atoms with E-state index in [1.54, 1.807) is 6.20 Å². The van der Waals surface area contributed by atoms with Gasteiger partial charge in [0.2, 0.25) is 6.41 Å². The second-order valence-electron chi connectivity index (χ2n) is 5.92. The number of aryl methyl sites for hydroxylation is 1. The first-order valence-electron chi connectivity index (χ1n) is 8.59. The standard InChI is InChI=1S/C21H17N5O/c1-2-25-11-9-22-20(25)7-6-16-8-10-26-19(14-23-21(26)12-16)17-4-3-5-18(13-17)24-15-27/h3-5,8-15H,2H2,1H3,(H,24,27). The summed E-state index contributed by atoms with van der Waals surface area (Å²) in [4.78, 5) is 19.4. The lowest BCUT2D eigenvalue weighted by molar-refractivity contribution is -0.105. The Bertz CT molecular complexity index is 1180. The number of nitrogens with zero attached hydrogens (tertiary/aromatic N) is 4. The van der Waals surface area contributed by atoms with Crippen LogP contribution in [0.25, 0.3) is 16.9 Å². The van der Waals surface area contributed by atoms with Crippen LogP contribution in [0.2, 0.25) is 0 Å². The number of benzene rings is 1. The van der Waals surface area contributed by atoms with Crippen LogP contribution >= 0.6 is 0 Å². The largest absolute Gasteiger partial charge is 0.329 e. The lowest BCUT2D eigenvalue weighted by Crippen LogP contribution is -1.96. The average molecular weight is 355 g/mol. The Morgan fingerprint density at radius 2 is 2.07 bits per heavy atom. The van der Waals surface area contributed by atoms with Gasteiger partial charge in [-0.2, -0.15) is 0 Å². The summed E-state index contributed by atoms with van der Waals surface area (Å²) in [5, 5.41) is 2.67. The molecule has 132 valence electrons. The zero-order valence-electron chi connectivity index (χ0n) is 14.8. The van der Waals surface area contributed by atoms with E-state index < -0.39 is 0 Å². The minimum absolute atomic E-state index is 0.669. The zero-order chi connectivity index (χ0) is 18.6. The van der Waals surface area contributed by atoms with Gasteiger partial charge in [0, 0.05) is 41.9 Å². The van der Waals surface area contributed by atoms with Gasteiger partial charge in [-0.1, -0.05) is 18.1 Å². The molecule has 0 bridgehead atoms. The molecule has 1 amide bonds. The van der Waals surface area contributed by atoms with Crippen LogP contribution < -0.4 is 5.32 Å². The Morgan fingerprint density at radius 3 is 2.93 bits per heavy atom. The molecule has 0 aliphatic heterocycles. The van der Waals surface area contributed by atoms with Gasteiger partial charge in [0.25, 0.3) is 0 Å². The number of carbonyl (C=O) groups is 1. The molecule has 0 radical (unpaired) electrons. The smallest absolute Gasteiger partial charge is 0.211 e. The van der Waals surface area contributed by atoms with Crippen LogP contribution in [0.15, 0.2) is 61.2 Å². The van der Waals surface area contributed by atoms with Crippen molar-refractivity contribution in [3.05, 3.63) is 72.6 Å². The second kappa shape index (κ2) is 7.18. The predicted octanol–water partition coefficient (Wildman–Crippen LogP) is 3.19. The molecule has 3 heterocycles. The number of pyridine rings is 1. The fourth-order valence-corrected chi connectivity index (χ4v) is 2.92. The molecule has 0 fully saturated rings. The van der Waals surface area contributed by atoms with E-state index in [1.165, 1.54) is 0 Å². The molecule has 27 heavy (non-hydrogen) atoms. The van der Waals surface area contributed by atoms with Crippen molar-refractivity contribution in [1.29, 1.82) is 0 Å². The van der Waals surface area contributed by atoms with Gasteiger partial charge in [-0.25, -0.2) is 9.97 Å². The van der Waals surface area contributed by atoms with Gasteiger partial charge in [-0.3, -0.25) is 9.20 Å². The monoisotopic (exact) mass is 355 g/mol. The van der Waals surface area contributed by atoms with Crippen molar-refractivity contribution in [3.63, 3.8) is 0 Å². The van der Waals surface area contributed by atoms with Crippen molar-refractivity contribution in [1.82, 2.24) is 18.9 Å². The molecule has 6 heteroatoms. The van der Waals surface area contributed by atoms with Crippen molar-refractivity contribution < 1.29 is 4.79 Å². The molecule has 1 N–H and O–H groups in total. The minimum atomic E-state index is 0.669. The van der Waals surface area contributed by atoms with Crippen LogP contribution in [0.5, 0.6) is 0 Å². The maximum atomic E-state index is 10.7. The van der Waals surface area contributed by atoms with Crippen LogP contribution in [0.1, 0.15) is 18.3 Å². The highest BCUT2D eigenvalue weighted by atomic mass is 16.1. The molecular formula is C21H17N5O. The van der Waals surface area contributed by atoms with Crippen molar-refractivity contribution in [2.45, 2.75) is 13.5 Å². The topological polar surface area (TPSA) is 64.2 Å². The average Bonchev–Trinajstić information content (AvgIpc) is 3.33. The van der Waals surface area contributed by atoms with Crippen LogP contribution in [0.3, 0.4) is 0 Å². The van der Waals surface area contributed by atoms with E-state index in [2.05, 4.69) is 34.0 Å². The van der Waals surface area contributed by atoms with Crippen LogP contribution in [0, 0.1) is 11.8 Å². The molecule has 4 rings (SSSR count). The quantitative estimate of drug-likeness (QED) is 0.452. The maximum Gasteiger partial charge on any atom is 0.211 e. The Balaban J connectivity index is 1.68. The summed E-state index contributed by atoms with van der Waals surface area (Å²) in [7, 11) is 0. The number of imidazole rings is 2. The summed E-state index contributed by atoms with van der Waals surface area (Å²) < 4.78 is 4.00. The first kappa shape index (κ1) is 16.6. The van der Waals surface area contributed by atoms with Crippen LogP contribution in [0.4, 0.5) is 5.69 Å². The molecule has 0 unspecified atom stereocenters. The Kier molecular flexibility index (Phi) is 4.42. The molecular weight excluding hydrogens is 338 g/mol. The summed E-state index contributed by atoms with van der Waals surface area (Å²) in [6.45, 7) is 2.90. The third-order valence-electron chi connectivity index (χ3n) is 4.27. The SMILES string of the molecule is CCn1ccnc1C#Cc1ccn2c(-c3cccc(NC=O)c3)cnc2c1. The molecule has 0 saturated carbocycles. The maximum absolute atomic E-state index is 10.7. The summed E-state index contributed by atoms with van der Waals surface area (Å²) in [5.74, 6) is 7.01. The minimum Gasteiger partial charge on any atom is -0.329 e. The highest BCUT2D eigenvalue weighted by Gasteiger charge is 2.07. The molecule has 0 saturated heterocycles. The molecule has 6 nitrogen and oxygen atoms in total. The molecule has 0 aliphatic rings. The van der Waals surface area contributed by atoms with Gasteiger partial charge in [0.15, 0.2) is 5.82 Å². The van der Waals surface area contributed by atoms with Crippen molar-refractivity contribution in [3.8, 4) is 23.1 Å². The van der Waals surface area contributed by atoms with Crippen molar-refractivity contribution >= 4 is 17.7 Å². The van der Waals surface area contributed by atoms with Crippen LogP contribution in [-0.2, 0) is 11.3 Å². The Hall–Kier alpha value is -3.85. The number of fused-ring (bicyclic) bond motifs is 1. The first-order chi connectivity index (χ1) is 13.3. The van der Waals surface area contributed by atoms with E-state index in [0.29, 0.717) is 6.41 Å². The Morgan fingerprint density at radius 1 is 1.15 bits per heavy atom. The lowest BCUT2D eigenvalue weighted by Gasteiger charge is -2.05. The molecule has 0 spiro atoms. The molecule has 3 aromatic heterocycles. The van der Waals surface area contributed by atoms with Gasteiger partial charge in [-0.05, 0) is 37.1 Å². The number of amides is 1. The van der Waals surface area contributed by atoms with E-state index in [4.69, 9.17) is 0 Å². The van der Waals surface area contributed by atoms with Gasteiger partial charge in [0.05, 0.1) is 11.9 Å². The predicted molar refractivity (Wildman–Crippen MR) is 104 cm³/mol. The second-order valence-corrected chi connectivity index (χ2v) is 5.92. The highest BCUT2D eigenvalue weighted by Crippen LogP contribution is 2.24. The van der Waals surface area contributed by atoms with Gasteiger partial charge in [-0.15, -0.1) is 0 Å². The number of nitrogens with one attached hydrogen (secondary N) is 1. The number of rotatable bonds is 4. The third-order valence-corrected chi connectivity index (χ3v) is 4.27. The summed E-state index contributed by atoms with van der Waals surface area (Å²) in [6.07, 6.45) is 8.11. The number of carbonyl (C=O) groups excluding carboxylic acids is 1. The van der Waals surface area contributed by atoms with E-state index in [0.717, 1.165) is 40.5 Å². The molecule has 4 aromatic rings. The third kappa shape index (κ3) is 3.31. The molecule has 0 atom stereocenters. The van der Waals surface area contributed by atoms with Gasteiger partial charge in [0.1, 0.15) is 5.65 Å². The van der Waals surface area contributed by atoms with Crippen LogP contribution in [-0.4, -0.2) is 25.3 Å². The fraction of sp³-hybridized carbons (Fsp3) is 0.0952. The number of anilines is 1. The molecule has 0 aliphatic carbocycles. The number of hydrogen-bond donors (Lipinski definition) is 1. The zero-order valence-corrected chi connectivity index (χ0v) is 14.8. The summed E-state index contributed by atoms with van der Waals surface area (Å²) in [5.41, 5.74) is 4.34. The number of hydrogen-bond acceptors (Lipinski definition) is 3. The first-order valence-corrected chi connectivity index (χ1v) is 8.59. The van der Waals surface area contributed by atoms with E-state index in [1.807, 2.05) is 64.0 Å². The van der Waals surface area contributed by atoms with E-state index in [9.17, 15) is 4.79 Å². The normalized spacial score (nSPS) is 10.4. The van der Waals surface area contributed by atoms with E-state index >= 15 is 0 Å². The summed E-state index contributed by atoms with van der Waals surface area (Å²) >= 11 is 0. The van der Waals surface area contributed by atoms with E-state index in [-0.39, 0.29) is 0 Å². The fourth-order valence-electron chi connectivity index (χ4n) is 2.92. The van der Waals surface area contributed by atoms with Crippen molar-refractivity contribution in [2.24, 2.45) is 0 Å². The lowest BCUT2D eigenvalue weighted by atomic mass is 10.1. The van der Waals surface area contributed by atoms with Gasteiger partial charge >= 0.3 is 0 Å².